The molecule has 0 amide bonds. The van der Waals surface area contributed by atoms with Crippen molar-refractivity contribution < 1.29 is 8.78 Å². The highest BCUT2D eigenvalue weighted by atomic mass is 19.1. The maximum atomic E-state index is 13.7. The Labute approximate surface area is 109 Å². The second-order valence-electron chi connectivity index (χ2n) is 4.45. The van der Waals surface area contributed by atoms with Crippen molar-refractivity contribution in [2.45, 2.75) is 0 Å². The Balaban J connectivity index is 2.17. The first-order valence-corrected chi connectivity index (χ1v) is 5.88. The largest absolute Gasteiger partial charge is 0.399 e. The van der Waals surface area contributed by atoms with Crippen molar-refractivity contribution in [3.63, 3.8) is 0 Å². The van der Waals surface area contributed by atoms with E-state index < -0.39 is 11.6 Å². The number of hydrogen-bond acceptors (Lipinski definition) is 1. The summed E-state index contributed by atoms with van der Waals surface area (Å²) in [5, 5.41) is 1.96. The average molecular weight is 255 g/mol. The molecule has 2 N–H and O–H groups in total. The maximum absolute atomic E-state index is 13.7. The number of benzene rings is 3. The van der Waals surface area contributed by atoms with E-state index in [9.17, 15) is 8.78 Å². The van der Waals surface area contributed by atoms with Crippen LogP contribution in [-0.2, 0) is 0 Å². The lowest BCUT2D eigenvalue weighted by atomic mass is 10.0. The first kappa shape index (κ1) is 11.7. The van der Waals surface area contributed by atoms with E-state index in [1.54, 1.807) is 12.1 Å². The zero-order chi connectivity index (χ0) is 13.4. The number of rotatable bonds is 1. The van der Waals surface area contributed by atoms with Crippen LogP contribution in [0, 0.1) is 11.6 Å². The molecule has 0 saturated carbocycles. The Hall–Kier alpha value is -2.42. The zero-order valence-corrected chi connectivity index (χ0v) is 10.0. The molecule has 0 aliphatic rings. The summed E-state index contributed by atoms with van der Waals surface area (Å²) in [6.07, 6.45) is 0. The van der Waals surface area contributed by atoms with Crippen LogP contribution in [0.5, 0.6) is 0 Å². The van der Waals surface area contributed by atoms with Gasteiger partial charge in [-0.15, -0.1) is 0 Å². The van der Waals surface area contributed by atoms with Crippen LogP contribution < -0.4 is 5.73 Å². The summed E-state index contributed by atoms with van der Waals surface area (Å²) in [7, 11) is 0. The molecule has 0 aliphatic carbocycles. The van der Waals surface area contributed by atoms with Gasteiger partial charge in [0.25, 0.3) is 0 Å². The van der Waals surface area contributed by atoms with Gasteiger partial charge >= 0.3 is 0 Å². The number of anilines is 1. The number of fused-ring (bicyclic) bond motifs is 1. The molecule has 0 saturated heterocycles. The average Bonchev–Trinajstić information content (AvgIpc) is 2.38. The molecule has 0 spiro atoms. The van der Waals surface area contributed by atoms with Crippen molar-refractivity contribution in [1.82, 2.24) is 0 Å². The van der Waals surface area contributed by atoms with Gasteiger partial charge < -0.3 is 5.73 Å². The molecule has 3 aromatic carbocycles. The molecule has 94 valence electrons. The van der Waals surface area contributed by atoms with Crippen molar-refractivity contribution in [2.24, 2.45) is 0 Å². The minimum Gasteiger partial charge on any atom is -0.399 e. The number of nitrogen functional groups attached to an aromatic ring is 1. The molecular weight excluding hydrogens is 244 g/mol. The molecule has 0 radical (unpaired) electrons. The Bertz CT molecular complexity index is 766. The normalized spacial score (nSPS) is 10.8. The lowest BCUT2D eigenvalue weighted by Crippen LogP contribution is -1.87. The summed E-state index contributed by atoms with van der Waals surface area (Å²) in [6, 6.07) is 14.7. The predicted octanol–water partition coefficient (Wildman–Crippen LogP) is 4.37. The van der Waals surface area contributed by atoms with Gasteiger partial charge in [0.2, 0.25) is 0 Å². The van der Waals surface area contributed by atoms with Gasteiger partial charge in [-0.3, -0.25) is 0 Å². The molecule has 0 bridgehead atoms. The Morgan fingerprint density at radius 2 is 1.47 bits per heavy atom. The van der Waals surface area contributed by atoms with Crippen LogP contribution >= 0.6 is 0 Å². The van der Waals surface area contributed by atoms with Gasteiger partial charge in [-0.1, -0.05) is 18.2 Å². The minimum atomic E-state index is -0.574. The molecule has 0 atom stereocenters. The second-order valence-corrected chi connectivity index (χ2v) is 4.45. The molecule has 1 nitrogen and oxygen atoms in total. The first-order valence-electron chi connectivity index (χ1n) is 5.88. The fourth-order valence-corrected chi connectivity index (χ4v) is 2.16. The SMILES string of the molecule is Nc1ccc2cc(-c3ccc(F)cc3F)ccc2c1. The van der Waals surface area contributed by atoms with Gasteiger partial charge in [0, 0.05) is 17.3 Å². The number of hydrogen-bond donors (Lipinski definition) is 1. The third-order valence-electron chi connectivity index (χ3n) is 3.11. The molecule has 0 aromatic heterocycles. The molecule has 3 heteroatoms. The zero-order valence-electron chi connectivity index (χ0n) is 10.0. The van der Waals surface area contributed by atoms with Crippen molar-refractivity contribution in [3.05, 3.63) is 66.2 Å². The summed E-state index contributed by atoms with van der Waals surface area (Å²) in [5.41, 5.74) is 7.51. The molecule has 0 aliphatic heterocycles. The van der Waals surface area contributed by atoms with E-state index >= 15 is 0 Å². The highest BCUT2D eigenvalue weighted by Gasteiger charge is 2.07. The van der Waals surface area contributed by atoms with Gasteiger partial charge in [0.15, 0.2) is 0 Å². The smallest absolute Gasteiger partial charge is 0.133 e. The van der Waals surface area contributed by atoms with Gasteiger partial charge in [-0.05, 0) is 46.7 Å². The van der Waals surface area contributed by atoms with Crippen LogP contribution in [0.15, 0.2) is 54.6 Å². The van der Waals surface area contributed by atoms with Crippen molar-refractivity contribution in [1.29, 1.82) is 0 Å². The Morgan fingerprint density at radius 3 is 2.26 bits per heavy atom. The molecule has 19 heavy (non-hydrogen) atoms. The number of nitrogens with two attached hydrogens (primary N) is 1. The van der Waals surface area contributed by atoms with E-state index in [-0.39, 0.29) is 0 Å². The standard InChI is InChI=1S/C16H11F2N/c17-13-4-6-15(16(18)9-13)12-2-1-11-8-14(19)5-3-10(11)7-12/h1-9H,19H2. The monoisotopic (exact) mass is 255 g/mol. The molecule has 0 unspecified atom stereocenters. The third-order valence-corrected chi connectivity index (χ3v) is 3.11. The Kier molecular flexibility index (Phi) is 2.67. The van der Waals surface area contributed by atoms with E-state index in [4.69, 9.17) is 5.73 Å². The van der Waals surface area contributed by atoms with E-state index in [1.165, 1.54) is 12.1 Å². The highest BCUT2D eigenvalue weighted by molar-refractivity contribution is 5.89. The first-order chi connectivity index (χ1) is 9.13. The van der Waals surface area contributed by atoms with Gasteiger partial charge in [0.05, 0.1) is 0 Å². The summed E-state index contributed by atoms with van der Waals surface area (Å²) in [6.45, 7) is 0. The van der Waals surface area contributed by atoms with Gasteiger partial charge in [0.1, 0.15) is 11.6 Å². The van der Waals surface area contributed by atoms with Crippen LogP contribution in [0.4, 0.5) is 14.5 Å². The van der Waals surface area contributed by atoms with Crippen molar-refractivity contribution >= 4 is 16.5 Å². The molecule has 3 rings (SSSR count). The fourth-order valence-electron chi connectivity index (χ4n) is 2.16. The van der Waals surface area contributed by atoms with Crippen molar-refractivity contribution in [3.8, 4) is 11.1 Å². The quantitative estimate of drug-likeness (QED) is 0.642. The summed E-state index contributed by atoms with van der Waals surface area (Å²) < 4.78 is 26.6. The second kappa shape index (κ2) is 4.35. The van der Waals surface area contributed by atoms with Crippen LogP contribution in [0.3, 0.4) is 0 Å². The maximum Gasteiger partial charge on any atom is 0.133 e. The number of halogens is 2. The van der Waals surface area contributed by atoms with Gasteiger partial charge in [-0.2, -0.15) is 0 Å². The topological polar surface area (TPSA) is 26.0 Å². The van der Waals surface area contributed by atoms with Gasteiger partial charge in [-0.25, -0.2) is 8.78 Å². The molecule has 3 aromatic rings. The van der Waals surface area contributed by atoms with Crippen LogP contribution in [0.2, 0.25) is 0 Å². The lowest BCUT2D eigenvalue weighted by molar-refractivity contribution is 0.585. The summed E-state index contributed by atoms with van der Waals surface area (Å²) >= 11 is 0. The van der Waals surface area contributed by atoms with E-state index in [0.717, 1.165) is 22.4 Å². The summed E-state index contributed by atoms with van der Waals surface area (Å²) in [4.78, 5) is 0. The fraction of sp³-hybridized carbons (Fsp3) is 0. The summed E-state index contributed by atoms with van der Waals surface area (Å²) in [5.74, 6) is -1.13. The minimum absolute atomic E-state index is 0.389. The molecule has 0 heterocycles. The van der Waals surface area contributed by atoms with Crippen LogP contribution in [0.1, 0.15) is 0 Å². The highest BCUT2D eigenvalue weighted by Crippen LogP contribution is 2.27. The lowest BCUT2D eigenvalue weighted by Gasteiger charge is -2.06. The molecular formula is C16H11F2N. The predicted molar refractivity (Wildman–Crippen MR) is 73.7 cm³/mol. The van der Waals surface area contributed by atoms with E-state index in [1.807, 2.05) is 24.3 Å². The van der Waals surface area contributed by atoms with Crippen LogP contribution in [-0.4, -0.2) is 0 Å². The molecule has 0 fully saturated rings. The van der Waals surface area contributed by atoms with Crippen LogP contribution in [0.25, 0.3) is 21.9 Å². The van der Waals surface area contributed by atoms with E-state index in [2.05, 4.69) is 0 Å². The third kappa shape index (κ3) is 2.15. The Morgan fingerprint density at radius 1 is 0.737 bits per heavy atom. The van der Waals surface area contributed by atoms with E-state index in [0.29, 0.717) is 11.3 Å². The van der Waals surface area contributed by atoms with Crippen molar-refractivity contribution in [2.75, 3.05) is 5.73 Å².